The molecule has 2 heteroatoms. The highest BCUT2D eigenvalue weighted by molar-refractivity contribution is 5.86. The molecule has 0 unspecified atom stereocenters. The van der Waals surface area contributed by atoms with Crippen LogP contribution in [0.2, 0.25) is 0 Å². The summed E-state index contributed by atoms with van der Waals surface area (Å²) in [5, 5.41) is 2.39. The van der Waals surface area contributed by atoms with Crippen LogP contribution < -0.4 is 9.47 Å². The van der Waals surface area contributed by atoms with Gasteiger partial charge in [-0.25, -0.2) is 0 Å². The minimum absolute atomic E-state index is 0.741. The number of fused-ring (bicyclic) bond motifs is 2. The largest absolute Gasteiger partial charge is 0.490 e. The van der Waals surface area contributed by atoms with Gasteiger partial charge in [0, 0.05) is 6.42 Å². The average molecular weight is 200 g/mol. The van der Waals surface area contributed by atoms with E-state index in [9.17, 15) is 0 Å². The SMILES string of the molecule is c1ccc2cc3c(cc2c1)OCCCO3. The molecule has 0 aromatic heterocycles. The number of hydrogen-bond acceptors (Lipinski definition) is 2. The van der Waals surface area contributed by atoms with Crippen molar-refractivity contribution in [3.63, 3.8) is 0 Å². The summed E-state index contributed by atoms with van der Waals surface area (Å²) in [4.78, 5) is 0. The lowest BCUT2D eigenvalue weighted by Crippen LogP contribution is -1.97. The van der Waals surface area contributed by atoms with E-state index in [0.29, 0.717) is 0 Å². The predicted octanol–water partition coefficient (Wildman–Crippen LogP) is 3.00. The first-order chi connectivity index (χ1) is 7.43. The Morgan fingerprint density at radius 1 is 0.800 bits per heavy atom. The fraction of sp³-hybridized carbons (Fsp3) is 0.231. The molecule has 2 aromatic carbocycles. The Hall–Kier alpha value is -1.70. The normalized spacial score (nSPS) is 14.9. The van der Waals surface area contributed by atoms with Crippen molar-refractivity contribution in [1.29, 1.82) is 0 Å². The molecule has 0 saturated carbocycles. The van der Waals surface area contributed by atoms with Gasteiger partial charge in [0.15, 0.2) is 11.5 Å². The van der Waals surface area contributed by atoms with Crippen molar-refractivity contribution in [3.8, 4) is 11.5 Å². The van der Waals surface area contributed by atoms with Gasteiger partial charge in [0.05, 0.1) is 13.2 Å². The maximum atomic E-state index is 5.63. The Balaban J connectivity index is 2.20. The Morgan fingerprint density at radius 2 is 1.33 bits per heavy atom. The van der Waals surface area contributed by atoms with Crippen molar-refractivity contribution in [1.82, 2.24) is 0 Å². The van der Waals surface area contributed by atoms with E-state index >= 15 is 0 Å². The van der Waals surface area contributed by atoms with Gasteiger partial charge in [-0.1, -0.05) is 24.3 Å². The summed E-state index contributed by atoms with van der Waals surface area (Å²) in [6.07, 6.45) is 0.949. The van der Waals surface area contributed by atoms with Gasteiger partial charge in [0.2, 0.25) is 0 Å². The highest BCUT2D eigenvalue weighted by atomic mass is 16.5. The van der Waals surface area contributed by atoms with Crippen LogP contribution in [0.15, 0.2) is 36.4 Å². The lowest BCUT2D eigenvalue weighted by molar-refractivity contribution is 0.297. The number of ether oxygens (including phenoxy) is 2. The molecule has 76 valence electrons. The summed E-state index contributed by atoms with van der Waals surface area (Å²) in [5.74, 6) is 1.73. The molecule has 2 nitrogen and oxygen atoms in total. The highest BCUT2D eigenvalue weighted by Gasteiger charge is 2.10. The molecule has 0 radical (unpaired) electrons. The third kappa shape index (κ3) is 1.52. The van der Waals surface area contributed by atoms with Gasteiger partial charge in [-0.3, -0.25) is 0 Å². The fourth-order valence-electron chi connectivity index (χ4n) is 1.85. The van der Waals surface area contributed by atoms with Gasteiger partial charge < -0.3 is 9.47 Å². The first-order valence-corrected chi connectivity index (χ1v) is 5.22. The highest BCUT2D eigenvalue weighted by Crippen LogP contribution is 2.33. The van der Waals surface area contributed by atoms with Crippen LogP contribution in [0.1, 0.15) is 6.42 Å². The van der Waals surface area contributed by atoms with E-state index in [2.05, 4.69) is 24.3 Å². The van der Waals surface area contributed by atoms with E-state index in [1.54, 1.807) is 0 Å². The molecular weight excluding hydrogens is 188 g/mol. The lowest BCUT2D eigenvalue weighted by atomic mass is 10.1. The van der Waals surface area contributed by atoms with E-state index in [0.717, 1.165) is 31.1 Å². The molecule has 0 amide bonds. The van der Waals surface area contributed by atoms with Crippen LogP contribution in [0.25, 0.3) is 10.8 Å². The molecule has 0 fully saturated rings. The minimum Gasteiger partial charge on any atom is -0.490 e. The first-order valence-electron chi connectivity index (χ1n) is 5.22. The Labute approximate surface area is 88.4 Å². The quantitative estimate of drug-likeness (QED) is 0.650. The van der Waals surface area contributed by atoms with Crippen LogP contribution in [0, 0.1) is 0 Å². The second-order valence-corrected chi connectivity index (χ2v) is 3.70. The van der Waals surface area contributed by atoms with Crippen LogP contribution in [-0.2, 0) is 0 Å². The smallest absolute Gasteiger partial charge is 0.161 e. The molecule has 0 saturated heterocycles. The van der Waals surface area contributed by atoms with Gasteiger partial charge in [0.1, 0.15) is 0 Å². The maximum Gasteiger partial charge on any atom is 0.161 e. The van der Waals surface area contributed by atoms with Gasteiger partial charge in [0.25, 0.3) is 0 Å². The lowest BCUT2D eigenvalue weighted by Gasteiger charge is -2.08. The molecule has 1 aliphatic rings. The number of rotatable bonds is 0. The van der Waals surface area contributed by atoms with Gasteiger partial charge in [-0.2, -0.15) is 0 Å². The van der Waals surface area contributed by atoms with Crippen molar-refractivity contribution in [2.75, 3.05) is 13.2 Å². The monoisotopic (exact) mass is 200 g/mol. The Morgan fingerprint density at radius 3 is 1.87 bits per heavy atom. The summed E-state index contributed by atoms with van der Waals surface area (Å²) < 4.78 is 11.3. The Kier molecular flexibility index (Phi) is 1.98. The van der Waals surface area contributed by atoms with Crippen LogP contribution >= 0.6 is 0 Å². The molecule has 1 heterocycles. The van der Waals surface area contributed by atoms with Crippen LogP contribution in [-0.4, -0.2) is 13.2 Å². The zero-order chi connectivity index (χ0) is 10.1. The molecule has 0 spiro atoms. The van der Waals surface area contributed by atoms with Gasteiger partial charge in [-0.15, -0.1) is 0 Å². The van der Waals surface area contributed by atoms with E-state index < -0.39 is 0 Å². The van der Waals surface area contributed by atoms with Crippen molar-refractivity contribution >= 4 is 10.8 Å². The zero-order valence-electron chi connectivity index (χ0n) is 8.40. The number of hydrogen-bond donors (Lipinski definition) is 0. The first kappa shape index (κ1) is 8.60. The molecule has 15 heavy (non-hydrogen) atoms. The van der Waals surface area contributed by atoms with Crippen molar-refractivity contribution < 1.29 is 9.47 Å². The van der Waals surface area contributed by atoms with E-state index in [-0.39, 0.29) is 0 Å². The molecule has 0 aliphatic carbocycles. The summed E-state index contributed by atoms with van der Waals surface area (Å²) in [6, 6.07) is 12.3. The molecule has 3 rings (SSSR count). The molecular formula is C13H12O2. The van der Waals surface area contributed by atoms with Crippen LogP contribution in [0.4, 0.5) is 0 Å². The van der Waals surface area contributed by atoms with Crippen LogP contribution in [0.3, 0.4) is 0 Å². The minimum atomic E-state index is 0.741. The van der Waals surface area contributed by atoms with Crippen LogP contribution in [0.5, 0.6) is 11.5 Å². The summed E-state index contributed by atoms with van der Waals surface area (Å²) in [5.41, 5.74) is 0. The molecule has 0 bridgehead atoms. The topological polar surface area (TPSA) is 18.5 Å². The molecule has 1 aliphatic heterocycles. The van der Waals surface area contributed by atoms with E-state index in [1.807, 2.05) is 12.1 Å². The number of benzene rings is 2. The molecule has 2 aromatic rings. The second kappa shape index (κ2) is 3.46. The second-order valence-electron chi connectivity index (χ2n) is 3.70. The average Bonchev–Trinajstić information content (AvgIpc) is 2.50. The molecule has 0 N–H and O–H groups in total. The standard InChI is InChI=1S/C13H12O2/c1-2-5-11-9-13-12(8-10(11)4-1)14-6-3-7-15-13/h1-2,4-5,8-9H,3,6-7H2. The summed E-state index contributed by atoms with van der Waals surface area (Å²) in [6.45, 7) is 1.48. The fourth-order valence-corrected chi connectivity index (χ4v) is 1.85. The van der Waals surface area contributed by atoms with E-state index in [4.69, 9.17) is 9.47 Å². The van der Waals surface area contributed by atoms with Gasteiger partial charge in [-0.05, 0) is 22.9 Å². The van der Waals surface area contributed by atoms with Gasteiger partial charge >= 0.3 is 0 Å². The third-order valence-corrected chi connectivity index (χ3v) is 2.62. The predicted molar refractivity (Wildman–Crippen MR) is 59.6 cm³/mol. The van der Waals surface area contributed by atoms with E-state index in [1.165, 1.54) is 10.8 Å². The maximum absolute atomic E-state index is 5.63. The summed E-state index contributed by atoms with van der Waals surface area (Å²) in [7, 11) is 0. The van der Waals surface area contributed by atoms with Crippen molar-refractivity contribution in [3.05, 3.63) is 36.4 Å². The molecule has 0 atom stereocenters. The summed E-state index contributed by atoms with van der Waals surface area (Å²) >= 11 is 0. The van der Waals surface area contributed by atoms with Crippen molar-refractivity contribution in [2.45, 2.75) is 6.42 Å². The Bertz CT molecular complexity index is 446. The third-order valence-electron chi connectivity index (χ3n) is 2.62. The van der Waals surface area contributed by atoms with Crippen molar-refractivity contribution in [2.24, 2.45) is 0 Å². The zero-order valence-corrected chi connectivity index (χ0v) is 8.40.